The van der Waals surface area contributed by atoms with Gasteiger partial charge in [-0.3, -0.25) is 9.59 Å². The number of esters is 1. The second-order valence-corrected chi connectivity index (χ2v) is 8.31. The van der Waals surface area contributed by atoms with E-state index in [2.05, 4.69) is 35.8 Å². The lowest BCUT2D eigenvalue weighted by Gasteiger charge is -2.20. The third kappa shape index (κ3) is 6.12. The summed E-state index contributed by atoms with van der Waals surface area (Å²) in [6, 6.07) is 7.32. The van der Waals surface area contributed by atoms with E-state index < -0.39 is 17.8 Å². The number of carbonyl (C=O) groups is 3. The van der Waals surface area contributed by atoms with E-state index in [1.165, 1.54) is 43.8 Å². The minimum atomic E-state index is -0.628. The highest BCUT2D eigenvalue weighted by Gasteiger charge is 2.20. The Kier molecular flexibility index (Phi) is 8.03. The Hall–Kier alpha value is -4.09. The first-order valence-corrected chi connectivity index (χ1v) is 11.6. The summed E-state index contributed by atoms with van der Waals surface area (Å²) in [5.74, 6) is -0.849. The van der Waals surface area contributed by atoms with Crippen LogP contribution in [0, 0.1) is 0 Å². The summed E-state index contributed by atoms with van der Waals surface area (Å²) in [7, 11) is 1.24. The average Bonchev–Trinajstić information content (AvgIpc) is 3.19. The van der Waals surface area contributed by atoms with Gasteiger partial charge in [-0.15, -0.1) is 0 Å². The largest absolute Gasteiger partial charge is 0.465 e. The summed E-state index contributed by atoms with van der Waals surface area (Å²) in [4.78, 5) is 52.8. The lowest BCUT2D eigenvalue weighted by Crippen LogP contribution is -2.29. The fraction of sp³-hybridized carbons (Fsp3) is 0.250. The molecule has 0 saturated carbocycles. The summed E-state index contributed by atoms with van der Waals surface area (Å²) < 4.78 is 4.75. The van der Waals surface area contributed by atoms with Crippen LogP contribution in [-0.4, -0.2) is 66.0 Å². The number of methoxy groups -OCH3 is 1. The molecule has 3 heterocycles. The number of hydrogen-bond donors (Lipinski definition) is 3. The smallest absolute Gasteiger partial charge is 0.337 e. The quantitative estimate of drug-likeness (QED) is 0.428. The van der Waals surface area contributed by atoms with Crippen molar-refractivity contribution in [3.63, 3.8) is 0 Å². The van der Waals surface area contributed by atoms with Gasteiger partial charge < -0.3 is 25.6 Å². The first-order valence-electron chi connectivity index (χ1n) is 11.2. The van der Waals surface area contributed by atoms with E-state index in [1.54, 1.807) is 12.3 Å². The van der Waals surface area contributed by atoms with Crippen molar-refractivity contribution in [2.75, 3.05) is 48.8 Å². The van der Waals surface area contributed by atoms with Gasteiger partial charge in [0.2, 0.25) is 0 Å². The van der Waals surface area contributed by atoms with Crippen molar-refractivity contribution in [1.82, 2.24) is 20.3 Å². The topological polar surface area (TPSA) is 138 Å². The summed E-state index contributed by atoms with van der Waals surface area (Å²) in [6.07, 6.45) is 5.32. The monoisotopic (exact) mass is 509 g/mol. The molecule has 1 aliphatic heterocycles. The molecule has 3 aromatic rings. The standard InChI is InChI=1S/C24H24ClN7O4/c1-36-24(35)15-3-5-18(17(11-15)22(33)31-20-6-4-16(25)12-28-20)30-23(34)19-13-29-21(14-27-19)32-9-2-7-26-8-10-32/h3-6,11-14,26H,2,7-10H2,1H3,(H,30,34)(H,28,31,33). The van der Waals surface area contributed by atoms with Gasteiger partial charge in [0.1, 0.15) is 17.3 Å². The molecule has 11 nitrogen and oxygen atoms in total. The Morgan fingerprint density at radius 3 is 2.56 bits per heavy atom. The third-order valence-corrected chi connectivity index (χ3v) is 5.66. The number of halogens is 1. The Bertz CT molecular complexity index is 1240. The number of aromatic nitrogens is 3. The number of carbonyl (C=O) groups excluding carboxylic acids is 3. The molecule has 1 aromatic carbocycles. The van der Waals surface area contributed by atoms with Gasteiger partial charge in [0.25, 0.3) is 11.8 Å². The van der Waals surface area contributed by atoms with Crippen LogP contribution in [0.15, 0.2) is 48.9 Å². The molecule has 12 heteroatoms. The number of pyridine rings is 1. The van der Waals surface area contributed by atoms with Crippen LogP contribution in [0.25, 0.3) is 0 Å². The molecular formula is C24H24ClN7O4. The molecule has 4 rings (SSSR count). The molecule has 0 atom stereocenters. The van der Waals surface area contributed by atoms with E-state index in [0.29, 0.717) is 10.8 Å². The van der Waals surface area contributed by atoms with Crippen molar-refractivity contribution < 1.29 is 19.1 Å². The number of benzene rings is 1. The van der Waals surface area contributed by atoms with Crippen LogP contribution in [0.1, 0.15) is 37.6 Å². The van der Waals surface area contributed by atoms with Gasteiger partial charge >= 0.3 is 5.97 Å². The number of anilines is 3. The zero-order valence-corrected chi connectivity index (χ0v) is 20.2. The summed E-state index contributed by atoms with van der Waals surface area (Å²) in [5.41, 5.74) is 0.420. The van der Waals surface area contributed by atoms with Crippen LogP contribution in [-0.2, 0) is 4.74 Å². The number of hydrogen-bond acceptors (Lipinski definition) is 9. The first kappa shape index (κ1) is 25.0. The predicted octanol–water partition coefficient (Wildman–Crippen LogP) is 2.62. The van der Waals surface area contributed by atoms with Gasteiger partial charge in [0, 0.05) is 25.8 Å². The molecule has 36 heavy (non-hydrogen) atoms. The molecule has 0 aliphatic carbocycles. The van der Waals surface area contributed by atoms with Crippen LogP contribution in [0.2, 0.25) is 5.02 Å². The average molecular weight is 510 g/mol. The van der Waals surface area contributed by atoms with Crippen LogP contribution in [0.5, 0.6) is 0 Å². The summed E-state index contributed by atoms with van der Waals surface area (Å²) in [6.45, 7) is 3.44. The molecule has 0 spiro atoms. The van der Waals surface area contributed by atoms with E-state index in [9.17, 15) is 14.4 Å². The van der Waals surface area contributed by atoms with E-state index in [-0.39, 0.29) is 28.3 Å². The highest BCUT2D eigenvalue weighted by Crippen LogP contribution is 2.21. The Morgan fingerprint density at radius 1 is 0.972 bits per heavy atom. The molecule has 0 bridgehead atoms. The molecule has 2 amide bonds. The molecule has 1 saturated heterocycles. The van der Waals surface area contributed by atoms with Crippen molar-refractivity contribution >= 4 is 46.7 Å². The Balaban J connectivity index is 1.54. The highest BCUT2D eigenvalue weighted by atomic mass is 35.5. The third-order valence-electron chi connectivity index (χ3n) is 5.44. The van der Waals surface area contributed by atoms with Crippen molar-refractivity contribution in [1.29, 1.82) is 0 Å². The maximum absolute atomic E-state index is 13.0. The summed E-state index contributed by atoms with van der Waals surface area (Å²) in [5, 5.41) is 9.03. The molecular weight excluding hydrogens is 486 g/mol. The second-order valence-electron chi connectivity index (χ2n) is 7.87. The number of rotatable bonds is 6. The van der Waals surface area contributed by atoms with E-state index >= 15 is 0 Å². The molecule has 1 aliphatic rings. The van der Waals surface area contributed by atoms with Crippen LogP contribution in [0.4, 0.5) is 17.3 Å². The van der Waals surface area contributed by atoms with Crippen LogP contribution < -0.4 is 20.9 Å². The van der Waals surface area contributed by atoms with Gasteiger partial charge in [-0.05, 0) is 43.3 Å². The minimum Gasteiger partial charge on any atom is -0.465 e. The van der Waals surface area contributed by atoms with Gasteiger partial charge in [-0.25, -0.2) is 19.7 Å². The number of nitrogens with zero attached hydrogens (tertiary/aromatic N) is 4. The van der Waals surface area contributed by atoms with Gasteiger partial charge in [-0.1, -0.05) is 11.6 Å². The fourth-order valence-corrected chi connectivity index (χ4v) is 3.69. The molecule has 186 valence electrons. The highest BCUT2D eigenvalue weighted by molar-refractivity contribution is 6.30. The predicted molar refractivity (Wildman–Crippen MR) is 135 cm³/mol. The Morgan fingerprint density at radius 2 is 1.83 bits per heavy atom. The number of nitrogens with one attached hydrogen (secondary N) is 3. The van der Waals surface area contributed by atoms with E-state index in [4.69, 9.17) is 16.3 Å². The SMILES string of the molecule is COC(=O)c1ccc(NC(=O)c2cnc(N3CCCNCC3)cn2)c(C(=O)Nc2ccc(Cl)cn2)c1. The fourth-order valence-electron chi connectivity index (χ4n) is 3.58. The Labute approximate surface area is 212 Å². The minimum absolute atomic E-state index is 0.0321. The van der Waals surface area contributed by atoms with Crippen LogP contribution >= 0.6 is 11.6 Å². The zero-order chi connectivity index (χ0) is 25.5. The van der Waals surface area contributed by atoms with Gasteiger partial charge in [-0.2, -0.15) is 0 Å². The summed E-state index contributed by atoms with van der Waals surface area (Å²) >= 11 is 5.85. The molecule has 0 radical (unpaired) electrons. The number of ether oxygens (including phenoxy) is 1. The number of amides is 2. The van der Waals surface area contributed by atoms with Crippen molar-refractivity contribution in [2.24, 2.45) is 0 Å². The van der Waals surface area contributed by atoms with Gasteiger partial charge in [0.05, 0.1) is 41.3 Å². The molecule has 3 N–H and O–H groups in total. The molecule has 2 aromatic heterocycles. The van der Waals surface area contributed by atoms with Crippen molar-refractivity contribution in [3.05, 3.63) is 70.8 Å². The van der Waals surface area contributed by atoms with Crippen molar-refractivity contribution in [3.8, 4) is 0 Å². The normalized spacial score (nSPS) is 13.4. The molecule has 0 unspecified atom stereocenters. The lowest BCUT2D eigenvalue weighted by molar-refractivity contribution is 0.0600. The van der Waals surface area contributed by atoms with Gasteiger partial charge in [0.15, 0.2) is 0 Å². The van der Waals surface area contributed by atoms with E-state index in [1.807, 2.05) is 0 Å². The lowest BCUT2D eigenvalue weighted by atomic mass is 10.1. The molecule has 1 fully saturated rings. The maximum Gasteiger partial charge on any atom is 0.337 e. The van der Waals surface area contributed by atoms with Crippen LogP contribution in [0.3, 0.4) is 0 Å². The zero-order valence-electron chi connectivity index (χ0n) is 19.5. The maximum atomic E-state index is 13.0. The van der Waals surface area contributed by atoms with E-state index in [0.717, 1.165) is 32.6 Å². The second kappa shape index (κ2) is 11.6. The first-order chi connectivity index (χ1) is 17.4. The van der Waals surface area contributed by atoms with Crippen molar-refractivity contribution in [2.45, 2.75) is 6.42 Å².